The number of halogens is 1. The van der Waals surface area contributed by atoms with Gasteiger partial charge in [0.25, 0.3) is 0 Å². The molecule has 0 atom stereocenters. The minimum Gasteiger partial charge on any atom is -0.494 e. The van der Waals surface area contributed by atoms with Crippen LogP contribution >= 0.6 is 0 Å². The van der Waals surface area contributed by atoms with Crippen molar-refractivity contribution in [2.24, 2.45) is 0 Å². The summed E-state index contributed by atoms with van der Waals surface area (Å²) in [5, 5.41) is 0.838. The first-order chi connectivity index (χ1) is 15.1. The Morgan fingerprint density at radius 3 is 2.45 bits per heavy atom. The Balaban J connectivity index is 1.96. The van der Waals surface area contributed by atoms with E-state index in [1.54, 1.807) is 38.7 Å². The van der Waals surface area contributed by atoms with E-state index in [0.717, 1.165) is 27.9 Å². The standard InChI is InChI=1S/C24H23FN4O2/c1-29(11-12-30-2)24-20-13-18(16-6-8-19(25)9-7-16)14-21(31-3)22(20)27-23(28-24)17-5-4-10-26-15-17/h4-10,13-15H,11-12H2,1-3H3. The summed E-state index contributed by atoms with van der Waals surface area (Å²) in [6.07, 6.45) is 3.45. The summed E-state index contributed by atoms with van der Waals surface area (Å²) in [6, 6.07) is 14.1. The second-order valence-electron chi connectivity index (χ2n) is 7.11. The lowest BCUT2D eigenvalue weighted by Crippen LogP contribution is -2.23. The Kier molecular flexibility index (Phi) is 6.04. The van der Waals surface area contributed by atoms with E-state index in [2.05, 4.69) is 4.98 Å². The Morgan fingerprint density at radius 2 is 1.77 bits per heavy atom. The second-order valence-corrected chi connectivity index (χ2v) is 7.11. The highest BCUT2D eigenvalue weighted by molar-refractivity contribution is 5.98. The van der Waals surface area contributed by atoms with Crippen molar-refractivity contribution in [3.63, 3.8) is 0 Å². The van der Waals surface area contributed by atoms with Crippen LogP contribution in [0.2, 0.25) is 0 Å². The molecule has 0 aliphatic rings. The zero-order chi connectivity index (χ0) is 21.8. The van der Waals surface area contributed by atoms with Crippen LogP contribution in [-0.2, 0) is 4.74 Å². The summed E-state index contributed by atoms with van der Waals surface area (Å²) in [7, 11) is 5.25. The van der Waals surface area contributed by atoms with Crippen LogP contribution in [0.5, 0.6) is 5.75 Å². The van der Waals surface area contributed by atoms with Crippen molar-refractivity contribution in [2.75, 3.05) is 39.3 Å². The molecule has 6 nitrogen and oxygen atoms in total. The maximum absolute atomic E-state index is 13.4. The minimum atomic E-state index is -0.277. The average molecular weight is 418 g/mol. The van der Waals surface area contributed by atoms with E-state index in [1.165, 1.54) is 12.1 Å². The van der Waals surface area contributed by atoms with Gasteiger partial charge >= 0.3 is 0 Å². The first-order valence-corrected chi connectivity index (χ1v) is 9.87. The molecule has 158 valence electrons. The van der Waals surface area contributed by atoms with E-state index in [1.807, 2.05) is 36.2 Å². The van der Waals surface area contributed by atoms with Crippen molar-refractivity contribution >= 4 is 16.7 Å². The molecule has 0 saturated carbocycles. The molecule has 0 aliphatic heterocycles. The third-order valence-corrected chi connectivity index (χ3v) is 5.05. The van der Waals surface area contributed by atoms with Crippen LogP contribution in [0, 0.1) is 5.82 Å². The van der Waals surface area contributed by atoms with Crippen molar-refractivity contribution < 1.29 is 13.9 Å². The summed E-state index contributed by atoms with van der Waals surface area (Å²) >= 11 is 0. The molecule has 0 bridgehead atoms. The normalized spacial score (nSPS) is 11.0. The Labute approximate surface area is 180 Å². The highest BCUT2D eigenvalue weighted by Gasteiger charge is 2.18. The van der Waals surface area contributed by atoms with Crippen LogP contribution in [0.25, 0.3) is 33.4 Å². The van der Waals surface area contributed by atoms with Gasteiger partial charge in [0.05, 0.1) is 13.7 Å². The molecule has 0 amide bonds. The number of aromatic nitrogens is 3. The predicted molar refractivity (Wildman–Crippen MR) is 120 cm³/mol. The summed E-state index contributed by atoms with van der Waals surface area (Å²) in [4.78, 5) is 15.9. The molecule has 0 saturated heterocycles. The third-order valence-electron chi connectivity index (χ3n) is 5.05. The smallest absolute Gasteiger partial charge is 0.163 e. The number of hydrogen-bond donors (Lipinski definition) is 0. The van der Waals surface area contributed by atoms with Crippen LogP contribution in [0.3, 0.4) is 0 Å². The number of benzene rings is 2. The third kappa shape index (κ3) is 4.32. The minimum absolute atomic E-state index is 0.277. The molecule has 0 unspecified atom stereocenters. The number of nitrogens with zero attached hydrogens (tertiary/aromatic N) is 4. The fourth-order valence-corrected chi connectivity index (χ4v) is 3.40. The first kappa shape index (κ1) is 20.7. The van der Waals surface area contributed by atoms with Gasteiger partial charge in [0.1, 0.15) is 22.9 Å². The number of methoxy groups -OCH3 is 2. The van der Waals surface area contributed by atoms with Gasteiger partial charge in [0.2, 0.25) is 0 Å². The molecule has 2 aromatic heterocycles. The predicted octanol–water partition coefficient (Wildman–Crippen LogP) is 4.59. The van der Waals surface area contributed by atoms with Gasteiger partial charge in [-0.15, -0.1) is 0 Å². The molecule has 0 aliphatic carbocycles. The van der Waals surface area contributed by atoms with E-state index >= 15 is 0 Å². The summed E-state index contributed by atoms with van der Waals surface area (Å²) < 4.78 is 24.4. The van der Waals surface area contributed by atoms with E-state index in [9.17, 15) is 4.39 Å². The SMILES string of the molecule is COCCN(C)c1nc(-c2cccnc2)nc2c(OC)cc(-c3ccc(F)cc3)cc12. The molecule has 31 heavy (non-hydrogen) atoms. The number of rotatable bonds is 7. The van der Waals surface area contributed by atoms with Gasteiger partial charge < -0.3 is 14.4 Å². The largest absolute Gasteiger partial charge is 0.494 e. The lowest BCUT2D eigenvalue weighted by Gasteiger charge is -2.21. The van der Waals surface area contributed by atoms with Crippen molar-refractivity contribution in [2.45, 2.75) is 0 Å². The zero-order valence-corrected chi connectivity index (χ0v) is 17.7. The molecule has 0 N–H and O–H groups in total. The van der Waals surface area contributed by atoms with E-state index in [-0.39, 0.29) is 5.82 Å². The maximum Gasteiger partial charge on any atom is 0.163 e. The monoisotopic (exact) mass is 418 g/mol. The molecule has 2 aromatic carbocycles. The van der Waals surface area contributed by atoms with Gasteiger partial charge in [-0.2, -0.15) is 0 Å². The Hall–Kier alpha value is -3.58. The van der Waals surface area contributed by atoms with Gasteiger partial charge in [-0.3, -0.25) is 4.98 Å². The number of hydrogen-bond acceptors (Lipinski definition) is 6. The van der Waals surface area contributed by atoms with Crippen LogP contribution in [0.1, 0.15) is 0 Å². The maximum atomic E-state index is 13.4. The molecule has 0 spiro atoms. The molecular weight excluding hydrogens is 395 g/mol. The second kappa shape index (κ2) is 9.06. The Morgan fingerprint density at radius 1 is 0.968 bits per heavy atom. The van der Waals surface area contributed by atoms with Gasteiger partial charge in [0, 0.05) is 44.0 Å². The average Bonchev–Trinajstić information content (AvgIpc) is 2.82. The number of anilines is 1. The lowest BCUT2D eigenvalue weighted by molar-refractivity contribution is 0.206. The highest BCUT2D eigenvalue weighted by atomic mass is 19.1. The number of pyridine rings is 1. The van der Waals surface area contributed by atoms with Crippen LogP contribution in [0.4, 0.5) is 10.2 Å². The van der Waals surface area contributed by atoms with Crippen LogP contribution < -0.4 is 9.64 Å². The molecule has 0 radical (unpaired) electrons. The van der Waals surface area contributed by atoms with Gasteiger partial charge in [-0.25, -0.2) is 14.4 Å². The first-order valence-electron chi connectivity index (χ1n) is 9.87. The van der Waals surface area contributed by atoms with Crippen molar-refractivity contribution in [3.8, 4) is 28.3 Å². The van der Waals surface area contributed by atoms with E-state index < -0.39 is 0 Å². The summed E-state index contributed by atoms with van der Waals surface area (Å²) in [6.45, 7) is 1.21. The van der Waals surface area contributed by atoms with Gasteiger partial charge in [-0.05, 0) is 47.5 Å². The van der Waals surface area contributed by atoms with E-state index in [0.29, 0.717) is 30.2 Å². The Bertz CT molecular complexity index is 1180. The fourth-order valence-electron chi connectivity index (χ4n) is 3.40. The molecule has 2 heterocycles. The molecule has 4 aromatic rings. The molecular formula is C24H23FN4O2. The zero-order valence-electron chi connectivity index (χ0n) is 17.7. The number of likely N-dealkylation sites (N-methyl/N-ethyl adjacent to an activating group) is 1. The fraction of sp³-hybridized carbons (Fsp3) is 0.208. The molecule has 4 rings (SSSR count). The van der Waals surface area contributed by atoms with E-state index in [4.69, 9.17) is 19.4 Å². The van der Waals surface area contributed by atoms with Gasteiger partial charge in [0.15, 0.2) is 5.82 Å². The number of ether oxygens (including phenoxy) is 2. The molecule has 0 fully saturated rings. The summed E-state index contributed by atoms with van der Waals surface area (Å²) in [5.41, 5.74) is 3.28. The highest BCUT2D eigenvalue weighted by Crippen LogP contribution is 2.36. The van der Waals surface area contributed by atoms with Gasteiger partial charge in [-0.1, -0.05) is 12.1 Å². The van der Waals surface area contributed by atoms with Crippen molar-refractivity contribution in [1.82, 2.24) is 15.0 Å². The van der Waals surface area contributed by atoms with Crippen molar-refractivity contribution in [1.29, 1.82) is 0 Å². The topological polar surface area (TPSA) is 60.4 Å². The number of fused-ring (bicyclic) bond motifs is 1. The lowest BCUT2D eigenvalue weighted by atomic mass is 10.0. The van der Waals surface area contributed by atoms with Crippen LogP contribution in [0.15, 0.2) is 60.9 Å². The van der Waals surface area contributed by atoms with Crippen molar-refractivity contribution in [3.05, 3.63) is 66.7 Å². The van der Waals surface area contributed by atoms with Crippen LogP contribution in [-0.4, -0.2) is 49.4 Å². The molecule has 7 heteroatoms. The quantitative estimate of drug-likeness (QED) is 0.438. The summed E-state index contributed by atoms with van der Waals surface area (Å²) in [5.74, 6) is 1.66.